The van der Waals surface area contributed by atoms with Crippen LogP contribution in [0.2, 0.25) is 0 Å². The van der Waals surface area contributed by atoms with Gasteiger partial charge in [-0.1, -0.05) is 13.8 Å². The molecule has 0 aliphatic carbocycles. The lowest BCUT2D eigenvalue weighted by molar-refractivity contribution is 0.498. The van der Waals surface area contributed by atoms with Crippen LogP contribution in [-0.2, 0) is 13.1 Å². The zero-order valence-electron chi connectivity index (χ0n) is 11.5. The molecule has 0 bridgehead atoms. The Labute approximate surface area is 107 Å². The molecule has 0 aromatic carbocycles. The van der Waals surface area contributed by atoms with E-state index in [9.17, 15) is 9.59 Å². The lowest BCUT2D eigenvalue weighted by Gasteiger charge is -2.09. The van der Waals surface area contributed by atoms with Crippen molar-refractivity contribution in [2.45, 2.75) is 40.3 Å². The Morgan fingerprint density at radius 1 is 1.28 bits per heavy atom. The summed E-state index contributed by atoms with van der Waals surface area (Å²) in [4.78, 5) is 23.5. The summed E-state index contributed by atoms with van der Waals surface area (Å²) >= 11 is 0. The number of hydrogen-bond acceptors (Lipinski definition) is 3. The SMILES string of the molecule is CCn1ccc(=O)n(CCNCCC(C)C)c1=O. The summed E-state index contributed by atoms with van der Waals surface area (Å²) in [6, 6.07) is 1.44. The molecule has 1 N–H and O–H groups in total. The normalized spacial score (nSPS) is 11.1. The number of aromatic nitrogens is 2. The molecule has 0 atom stereocenters. The van der Waals surface area contributed by atoms with Crippen molar-refractivity contribution in [2.24, 2.45) is 5.92 Å². The van der Waals surface area contributed by atoms with E-state index in [2.05, 4.69) is 19.2 Å². The van der Waals surface area contributed by atoms with E-state index in [0.717, 1.165) is 13.0 Å². The summed E-state index contributed by atoms with van der Waals surface area (Å²) in [5, 5.41) is 3.25. The minimum absolute atomic E-state index is 0.226. The predicted molar refractivity (Wildman–Crippen MR) is 73.0 cm³/mol. The van der Waals surface area contributed by atoms with Gasteiger partial charge in [0.1, 0.15) is 0 Å². The Morgan fingerprint density at radius 2 is 2.00 bits per heavy atom. The molecule has 1 heterocycles. The van der Waals surface area contributed by atoms with E-state index in [1.165, 1.54) is 15.2 Å². The van der Waals surface area contributed by atoms with Crippen molar-refractivity contribution in [1.82, 2.24) is 14.5 Å². The minimum Gasteiger partial charge on any atom is -0.315 e. The van der Waals surface area contributed by atoms with Gasteiger partial charge in [-0.25, -0.2) is 4.79 Å². The van der Waals surface area contributed by atoms with Gasteiger partial charge in [-0.2, -0.15) is 0 Å². The monoisotopic (exact) mass is 253 g/mol. The van der Waals surface area contributed by atoms with Crippen molar-refractivity contribution in [2.75, 3.05) is 13.1 Å². The molecule has 1 aromatic rings. The smallest absolute Gasteiger partial charge is 0.315 e. The third-order valence-electron chi connectivity index (χ3n) is 2.89. The fourth-order valence-corrected chi connectivity index (χ4v) is 1.71. The van der Waals surface area contributed by atoms with Crippen molar-refractivity contribution in [3.05, 3.63) is 33.1 Å². The number of nitrogens with one attached hydrogen (secondary N) is 1. The highest BCUT2D eigenvalue weighted by molar-refractivity contribution is 4.86. The molecule has 18 heavy (non-hydrogen) atoms. The second kappa shape index (κ2) is 7.16. The van der Waals surface area contributed by atoms with E-state index in [0.29, 0.717) is 25.6 Å². The van der Waals surface area contributed by atoms with Crippen molar-refractivity contribution in [3.63, 3.8) is 0 Å². The molecule has 0 radical (unpaired) electrons. The number of rotatable bonds is 7. The van der Waals surface area contributed by atoms with Gasteiger partial charge < -0.3 is 9.88 Å². The molecule has 0 aliphatic heterocycles. The van der Waals surface area contributed by atoms with E-state index >= 15 is 0 Å². The maximum Gasteiger partial charge on any atom is 0.330 e. The van der Waals surface area contributed by atoms with E-state index in [1.807, 2.05) is 6.92 Å². The van der Waals surface area contributed by atoms with Crippen LogP contribution >= 0.6 is 0 Å². The molecule has 5 heteroatoms. The van der Waals surface area contributed by atoms with Crippen LogP contribution in [0.5, 0.6) is 0 Å². The first-order valence-electron chi connectivity index (χ1n) is 6.57. The Balaban J connectivity index is 2.57. The lowest BCUT2D eigenvalue weighted by Crippen LogP contribution is -2.41. The van der Waals surface area contributed by atoms with Crippen molar-refractivity contribution in [3.8, 4) is 0 Å². The van der Waals surface area contributed by atoms with Crippen LogP contribution in [-0.4, -0.2) is 22.2 Å². The van der Waals surface area contributed by atoms with Crippen LogP contribution in [0.25, 0.3) is 0 Å². The summed E-state index contributed by atoms with van der Waals surface area (Å²) < 4.78 is 2.82. The maximum atomic E-state index is 11.9. The molecule has 0 spiro atoms. The minimum atomic E-state index is -0.227. The summed E-state index contributed by atoms with van der Waals surface area (Å²) in [5.41, 5.74) is -0.453. The van der Waals surface area contributed by atoms with E-state index in [4.69, 9.17) is 0 Å². The third-order valence-corrected chi connectivity index (χ3v) is 2.89. The number of hydrogen-bond donors (Lipinski definition) is 1. The van der Waals surface area contributed by atoms with Crippen LogP contribution in [0.1, 0.15) is 27.2 Å². The Morgan fingerprint density at radius 3 is 2.61 bits per heavy atom. The second-order valence-corrected chi connectivity index (χ2v) is 4.81. The molecule has 0 saturated heterocycles. The highest BCUT2D eigenvalue weighted by atomic mass is 16.2. The fourth-order valence-electron chi connectivity index (χ4n) is 1.71. The van der Waals surface area contributed by atoms with Gasteiger partial charge in [-0.3, -0.25) is 9.36 Å². The van der Waals surface area contributed by atoms with E-state index < -0.39 is 0 Å². The van der Waals surface area contributed by atoms with Crippen LogP contribution < -0.4 is 16.6 Å². The third kappa shape index (κ3) is 4.14. The first kappa shape index (κ1) is 14.7. The van der Waals surface area contributed by atoms with Gasteiger partial charge >= 0.3 is 5.69 Å². The van der Waals surface area contributed by atoms with Gasteiger partial charge in [0.05, 0.1) is 0 Å². The van der Waals surface area contributed by atoms with Crippen LogP contribution in [0.4, 0.5) is 0 Å². The molecule has 1 rings (SSSR count). The standard InChI is InChI=1S/C13H23N3O2/c1-4-15-9-6-12(17)16(13(15)18)10-8-14-7-5-11(2)3/h6,9,11,14H,4-5,7-8,10H2,1-3H3. The summed E-state index contributed by atoms with van der Waals surface area (Å²) in [7, 11) is 0. The zero-order valence-corrected chi connectivity index (χ0v) is 11.5. The lowest BCUT2D eigenvalue weighted by atomic mass is 10.1. The first-order valence-corrected chi connectivity index (χ1v) is 6.57. The number of aryl methyl sites for hydroxylation is 1. The van der Waals surface area contributed by atoms with Gasteiger partial charge in [-0.05, 0) is 25.8 Å². The van der Waals surface area contributed by atoms with Gasteiger partial charge in [0.25, 0.3) is 5.56 Å². The molecule has 0 aliphatic rings. The highest BCUT2D eigenvalue weighted by Gasteiger charge is 2.03. The van der Waals surface area contributed by atoms with Gasteiger partial charge in [0.15, 0.2) is 0 Å². The average molecular weight is 253 g/mol. The van der Waals surface area contributed by atoms with Crippen LogP contribution in [0.15, 0.2) is 21.9 Å². The van der Waals surface area contributed by atoms with Crippen molar-refractivity contribution in [1.29, 1.82) is 0 Å². The quantitative estimate of drug-likeness (QED) is 0.727. The molecule has 0 fully saturated rings. The highest BCUT2D eigenvalue weighted by Crippen LogP contribution is 1.95. The summed E-state index contributed by atoms with van der Waals surface area (Å²) in [6.45, 7) is 8.80. The van der Waals surface area contributed by atoms with Crippen LogP contribution in [0.3, 0.4) is 0 Å². The molecule has 0 saturated carbocycles. The fraction of sp³-hybridized carbons (Fsp3) is 0.692. The summed E-state index contributed by atoms with van der Waals surface area (Å²) in [5.74, 6) is 0.661. The Bertz CT molecular complexity index is 474. The van der Waals surface area contributed by atoms with Crippen molar-refractivity contribution < 1.29 is 0 Å². The van der Waals surface area contributed by atoms with Gasteiger partial charge in [-0.15, -0.1) is 0 Å². The van der Waals surface area contributed by atoms with Gasteiger partial charge in [0.2, 0.25) is 0 Å². The molecule has 0 unspecified atom stereocenters. The van der Waals surface area contributed by atoms with Crippen molar-refractivity contribution >= 4 is 0 Å². The zero-order chi connectivity index (χ0) is 13.5. The average Bonchev–Trinajstić information content (AvgIpc) is 2.32. The molecular formula is C13H23N3O2. The van der Waals surface area contributed by atoms with E-state index in [-0.39, 0.29) is 11.2 Å². The number of nitrogens with zero attached hydrogens (tertiary/aromatic N) is 2. The molecule has 1 aromatic heterocycles. The largest absolute Gasteiger partial charge is 0.330 e. The molecule has 5 nitrogen and oxygen atoms in total. The van der Waals surface area contributed by atoms with E-state index in [1.54, 1.807) is 6.20 Å². The topological polar surface area (TPSA) is 56.0 Å². The maximum absolute atomic E-state index is 11.9. The first-order chi connectivity index (χ1) is 8.56. The molecular weight excluding hydrogens is 230 g/mol. The van der Waals surface area contributed by atoms with Gasteiger partial charge in [0, 0.05) is 31.9 Å². The summed E-state index contributed by atoms with van der Waals surface area (Å²) in [6.07, 6.45) is 2.65. The Hall–Kier alpha value is -1.36. The molecule has 0 amide bonds. The Kier molecular flexibility index (Phi) is 5.85. The second-order valence-electron chi connectivity index (χ2n) is 4.81. The van der Waals surface area contributed by atoms with Crippen LogP contribution in [0, 0.1) is 5.92 Å². The predicted octanol–water partition coefficient (Wildman–Crippen LogP) is 0.666. The molecule has 102 valence electrons.